The number of fused-ring (bicyclic) bond motifs is 2. The molecule has 8 heteroatoms. The van der Waals surface area contributed by atoms with E-state index in [0.29, 0.717) is 23.7 Å². The van der Waals surface area contributed by atoms with Crippen LogP contribution in [0.15, 0.2) is 39.9 Å². The Morgan fingerprint density at radius 1 is 1.23 bits per heavy atom. The van der Waals surface area contributed by atoms with Crippen LogP contribution in [0, 0.1) is 13.8 Å². The van der Waals surface area contributed by atoms with E-state index in [0.717, 1.165) is 25.9 Å². The number of rotatable bonds is 6. The van der Waals surface area contributed by atoms with Crippen molar-refractivity contribution in [2.24, 2.45) is 0 Å². The molecule has 2 aromatic carbocycles. The summed E-state index contributed by atoms with van der Waals surface area (Å²) in [5.74, 6) is -1.05. The first-order chi connectivity index (χ1) is 14.8. The smallest absolute Gasteiger partial charge is 0.329 e. The summed E-state index contributed by atoms with van der Waals surface area (Å²) < 4.78 is 6.80. The third-order valence-corrected chi connectivity index (χ3v) is 6.43. The Morgan fingerprint density at radius 3 is 2.71 bits per heavy atom. The predicted octanol–water partition coefficient (Wildman–Crippen LogP) is 3.93. The van der Waals surface area contributed by atoms with Gasteiger partial charge in [-0.3, -0.25) is 14.2 Å². The van der Waals surface area contributed by atoms with Crippen LogP contribution in [0.2, 0.25) is 0 Å². The molecule has 2 heterocycles. The van der Waals surface area contributed by atoms with Crippen LogP contribution in [-0.4, -0.2) is 25.0 Å². The average Bonchev–Trinajstić information content (AvgIpc) is 3.09. The highest BCUT2D eigenvalue weighted by Crippen LogP contribution is 2.29. The van der Waals surface area contributed by atoms with E-state index in [4.69, 9.17) is 5.11 Å². The number of hydrogen-bond acceptors (Lipinski definition) is 5. The van der Waals surface area contributed by atoms with Crippen molar-refractivity contribution < 1.29 is 9.90 Å². The van der Waals surface area contributed by atoms with Gasteiger partial charge in [0.25, 0.3) is 5.56 Å². The first kappa shape index (κ1) is 21.0. The lowest BCUT2D eigenvalue weighted by Gasteiger charge is -2.15. The van der Waals surface area contributed by atoms with Crippen molar-refractivity contribution in [3.05, 3.63) is 73.6 Å². The number of aliphatic carboxylic acids is 1. The third kappa shape index (κ3) is 3.90. The maximum absolute atomic E-state index is 13.0. The Bertz CT molecular complexity index is 1430. The van der Waals surface area contributed by atoms with Crippen LogP contribution in [0.3, 0.4) is 0 Å². The molecule has 4 aromatic rings. The maximum atomic E-state index is 13.0. The lowest BCUT2D eigenvalue weighted by atomic mass is 10.0. The summed E-state index contributed by atoms with van der Waals surface area (Å²) in [6, 6.07) is 8.94. The van der Waals surface area contributed by atoms with E-state index in [2.05, 4.69) is 35.3 Å². The van der Waals surface area contributed by atoms with Gasteiger partial charge in [0.05, 0.1) is 33.8 Å². The van der Waals surface area contributed by atoms with Crippen molar-refractivity contribution >= 4 is 38.5 Å². The zero-order chi connectivity index (χ0) is 22.3. The molecule has 0 saturated heterocycles. The SMILES string of the molecule is CC[C@H](CC(=O)O)n1c(=O)[nH]c2cc(Cc3nsc4cc(C)cc(C)c34)ccc2c1=O. The van der Waals surface area contributed by atoms with E-state index in [-0.39, 0.29) is 6.42 Å². The number of nitrogens with zero attached hydrogens (tertiary/aromatic N) is 2. The van der Waals surface area contributed by atoms with Gasteiger partial charge < -0.3 is 10.1 Å². The van der Waals surface area contributed by atoms with Crippen molar-refractivity contribution in [3.8, 4) is 0 Å². The third-order valence-electron chi connectivity index (χ3n) is 5.60. The summed E-state index contributed by atoms with van der Waals surface area (Å²) in [4.78, 5) is 39.5. The predicted molar refractivity (Wildman–Crippen MR) is 122 cm³/mol. The van der Waals surface area contributed by atoms with E-state index < -0.39 is 23.3 Å². The highest BCUT2D eigenvalue weighted by molar-refractivity contribution is 7.13. The average molecular weight is 438 g/mol. The molecule has 0 aliphatic rings. The zero-order valence-corrected chi connectivity index (χ0v) is 18.4. The molecule has 2 aromatic heterocycles. The van der Waals surface area contributed by atoms with Gasteiger partial charge in [-0.25, -0.2) is 4.79 Å². The normalized spacial score (nSPS) is 12.5. The van der Waals surface area contributed by atoms with Crippen LogP contribution in [0.5, 0.6) is 0 Å². The molecule has 4 rings (SSSR count). The summed E-state index contributed by atoms with van der Waals surface area (Å²) in [6.07, 6.45) is 0.676. The van der Waals surface area contributed by atoms with Gasteiger partial charge in [-0.1, -0.05) is 19.1 Å². The molecular weight excluding hydrogens is 414 g/mol. The first-order valence-electron chi connectivity index (χ1n) is 10.1. The first-order valence-corrected chi connectivity index (χ1v) is 10.9. The summed E-state index contributed by atoms with van der Waals surface area (Å²) in [7, 11) is 0. The highest BCUT2D eigenvalue weighted by atomic mass is 32.1. The number of carboxylic acids is 1. The van der Waals surface area contributed by atoms with Crippen LogP contribution in [0.25, 0.3) is 21.0 Å². The van der Waals surface area contributed by atoms with E-state index in [1.54, 1.807) is 19.1 Å². The maximum Gasteiger partial charge on any atom is 0.329 e. The number of nitrogens with one attached hydrogen (secondary N) is 1. The molecule has 0 fully saturated rings. The molecule has 0 aliphatic carbocycles. The minimum absolute atomic E-state index is 0.279. The largest absolute Gasteiger partial charge is 0.481 e. The molecule has 0 amide bonds. The van der Waals surface area contributed by atoms with Gasteiger partial charge in [-0.2, -0.15) is 4.37 Å². The molecule has 0 unspecified atom stereocenters. The molecule has 0 aliphatic heterocycles. The molecule has 7 nitrogen and oxygen atoms in total. The fraction of sp³-hybridized carbons (Fsp3) is 0.304. The van der Waals surface area contributed by atoms with Gasteiger partial charge in [0, 0.05) is 11.8 Å². The molecule has 31 heavy (non-hydrogen) atoms. The Hall–Kier alpha value is -3.26. The van der Waals surface area contributed by atoms with E-state index in [1.807, 2.05) is 6.07 Å². The van der Waals surface area contributed by atoms with E-state index in [9.17, 15) is 14.4 Å². The molecule has 0 bridgehead atoms. The standard InChI is InChI=1S/C23H23N3O4S/c1-4-15(11-20(27)28)26-22(29)16-6-5-14(9-17(16)24-23(26)30)10-18-21-13(3)7-12(2)8-19(21)31-25-18/h5-9,15H,4,10-11H2,1-3H3,(H,24,30)(H,27,28)/t15-/m1/s1. The van der Waals surface area contributed by atoms with Crippen LogP contribution >= 0.6 is 11.5 Å². The number of H-pyrrole nitrogens is 1. The topological polar surface area (TPSA) is 105 Å². The number of hydrogen-bond donors (Lipinski definition) is 2. The Kier molecular flexibility index (Phi) is 5.49. The van der Waals surface area contributed by atoms with Gasteiger partial charge in [0.2, 0.25) is 0 Å². The van der Waals surface area contributed by atoms with Crippen LogP contribution in [-0.2, 0) is 11.2 Å². The second kappa shape index (κ2) is 8.11. The minimum Gasteiger partial charge on any atom is -0.481 e. The lowest BCUT2D eigenvalue weighted by Crippen LogP contribution is -2.38. The van der Waals surface area contributed by atoms with Gasteiger partial charge in [-0.15, -0.1) is 0 Å². The number of aromatic nitrogens is 3. The molecule has 160 valence electrons. The monoisotopic (exact) mass is 437 g/mol. The number of aryl methyl sites for hydroxylation is 2. The zero-order valence-electron chi connectivity index (χ0n) is 17.6. The molecular formula is C23H23N3O4S. The Labute approximate surface area is 182 Å². The number of carboxylic acid groups (broad SMARTS) is 1. The Morgan fingerprint density at radius 2 is 2.00 bits per heavy atom. The van der Waals surface area contributed by atoms with Gasteiger partial charge in [-0.05, 0) is 66.7 Å². The van der Waals surface area contributed by atoms with E-state index in [1.165, 1.54) is 22.7 Å². The van der Waals surface area contributed by atoms with Crippen molar-refractivity contribution in [2.75, 3.05) is 0 Å². The summed E-state index contributed by atoms with van der Waals surface area (Å²) in [6.45, 7) is 5.90. The van der Waals surface area contributed by atoms with Crippen molar-refractivity contribution in [1.82, 2.24) is 13.9 Å². The van der Waals surface area contributed by atoms with Crippen molar-refractivity contribution in [3.63, 3.8) is 0 Å². The van der Waals surface area contributed by atoms with Crippen LogP contribution < -0.4 is 11.2 Å². The molecule has 0 saturated carbocycles. The highest BCUT2D eigenvalue weighted by Gasteiger charge is 2.19. The van der Waals surface area contributed by atoms with Crippen LogP contribution in [0.4, 0.5) is 0 Å². The van der Waals surface area contributed by atoms with Gasteiger partial charge in [0.1, 0.15) is 0 Å². The molecule has 1 atom stereocenters. The second-order valence-electron chi connectivity index (χ2n) is 7.91. The van der Waals surface area contributed by atoms with Crippen molar-refractivity contribution in [2.45, 2.75) is 46.1 Å². The number of aromatic amines is 1. The minimum atomic E-state index is -1.05. The lowest BCUT2D eigenvalue weighted by molar-refractivity contribution is -0.138. The fourth-order valence-electron chi connectivity index (χ4n) is 4.17. The summed E-state index contributed by atoms with van der Waals surface area (Å²) in [5.41, 5.74) is 3.68. The number of benzene rings is 2. The summed E-state index contributed by atoms with van der Waals surface area (Å²) in [5, 5.41) is 10.6. The van der Waals surface area contributed by atoms with Gasteiger partial charge >= 0.3 is 11.7 Å². The van der Waals surface area contributed by atoms with Crippen molar-refractivity contribution in [1.29, 1.82) is 0 Å². The van der Waals surface area contributed by atoms with Gasteiger partial charge in [0.15, 0.2) is 0 Å². The second-order valence-corrected chi connectivity index (χ2v) is 8.71. The summed E-state index contributed by atoms with van der Waals surface area (Å²) >= 11 is 1.47. The molecule has 0 spiro atoms. The molecule has 0 radical (unpaired) electrons. The number of carbonyl (C=O) groups is 1. The van der Waals surface area contributed by atoms with E-state index >= 15 is 0 Å². The van der Waals surface area contributed by atoms with Crippen LogP contribution in [0.1, 0.15) is 48.2 Å². The fourth-order valence-corrected chi connectivity index (χ4v) is 5.15. The quantitative estimate of drug-likeness (QED) is 0.475. The Balaban J connectivity index is 1.76. The molecule has 2 N–H and O–H groups in total.